The van der Waals surface area contributed by atoms with Crippen LogP contribution in [0.2, 0.25) is 0 Å². The second-order valence-electron chi connectivity index (χ2n) is 6.17. The summed E-state index contributed by atoms with van der Waals surface area (Å²) in [5.41, 5.74) is 2.28. The molecule has 0 bridgehead atoms. The van der Waals surface area contributed by atoms with E-state index >= 15 is 0 Å². The normalized spacial score (nSPS) is 9.86. The van der Waals surface area contributed by atoms with Gasteiger partial charge in [0.1, 0.15) is 35.8 Å². The first-order valence-electron chi connectivity index (χ1n) is 8.80. The fraction of sp³-hybridized carbons (Fsp3) is 0.250. The molecule has 152 valence electrons. The second kappa shape index (κ2) is 10.2. The van der Waals surface area contributed by atoms with Gasteiger partial charge in [-0.3, -0.25) is 5.10 Å². The summed E-state index contributed by atoms with van der Waals surface area (Å²) in [5, 5.41) is 22.8. The van der Waals surface area contributed by atoms with Gasteiger partial charge in [0, 0.05) is 11.8 Å². The Morgan fingerprint density at radius 3 is 2.45 bits per heavy atom. The highest BCUT2D eigenvalue weighted by Gasteiger charge is 2.11. The molecule has 0 radical (unpaired) electrons. The van der Waals surface area contributed by atoms with Gasteiger partial charge in [0.25, 0.3) is 0 Å². The lowest BCUT2D eigenvalue weighted by Gasteiger charge is -2.13. The van der Waals surface area contributed by atoms with Crippen LogP contribution >= 0.6 is 12.4 Å². The molecule has 9 heteroatoms. The van der Waals surface area contributed by atoms with Gasteiger partial charge >= 0.3 is 0 Å². The molecule has 29 heavy (non-hydrogen) atoms. The van der Waals surface area contributed by atoms with Gasteiger partial charge in [0.05, 0.1) is 19.2 Å². The molecule has 2 heterocycles. The molecule has 0 saturated carbocycles. The molecule has 1 aromatic carbocycles. The molecule has 3 aromatic rings. The van der Waals surface area contributed by atoms with Crippen molar-refractivity contribution in [2.45, 2.75) is 13.8 Å². The molecule has 0 aliphatic heterocycles. The minimum atomic E-state index is 0. The third-order valence-electron chi connectivity index (χ3n) is 4.01. The molecular formula is C20H23ClN6O2. The first kappa shape index (κ1) is 21.9. The van der Waals surface area contributed by atoms with Crippen molar-refractivity contribution in [3.05, 3.63) is 53.2 Å². The number of aromatic nitrogens is 3. The molecule has 0 amide bonds. The number of nitrogens with one attached hydrogen (secondary N) is 3. The number of methoxy groups -OCH3 is 1. The van der Waals surface area contributed by atoms with Crippen LogP contribution in [0.3, 0.4) is 0 Å². The molecule has 3 N–H and O–H groups in total. The van der Waals surface area contributed by atoms with Crippen LogP contribution in [0.15, 0.2) is 36.4 Å². The monoisotopic (exact) mass is 414 g/mol. The molecule has 3 rings (SSSR count). The van der Waals surface area contributed by atoms with E-state index in [1.54, 1.807) is 7.11 Å². The average molecular weight is 415 g/mol. The molecule has 0 fully saturated rings. The Labute approximate surface area is 175 Å². The maximum absolute atomic E-state index is 9.46. The van der Waals surface area contributed by atoms with Crippen molar-refractivity contribution in [2.75, 3.05) is 30.9 Å². The van der Waals surface area contributed by atoms with E-state index in [1.165, 1.54) is 0 Å². The van der Waals surface area contributed by atoms with Crippen molar-refractivity contribution < 1.29 is 9.47 Å². The number of pyridine rings is 1. The number of hydrogen-bond acceptors (Lipinski definition) is 7. The molecule has 0 aliphatic carbocycles. The lowest BCUT2D eigenvalue weighted by Crippen LogP contribution is -2.14. The zero-order valence-corrected chi connectivity index (χ0v) is 17.3. The van der Waals surface area contributed by atoms with Crippen LogP contribution < -0.4 is 20.1 Å². The fourth-order valence-electron chi connectivity index (χ4n) is 2.63. The number of H-pyrrole nitrogens is 1. The number of halogens is 1. The molecule has 8 nitrogen and oxygen atoms in total. The zero-order chi connectivity index (χ0) is 19.9. The van der Waals surface area contributed by atoms with Crippen LogP contribution in [-0.4, -0.2) is 35.4 Å². The van der Waals surface area contributed by atoms with Gasteiger partial charge in [-0.2, -0.15) is 10.4 Å². The number of aryl methyl sites for hydroxylation is 2. The SMILES string of the molecule is COc1ccc(OCCNc2nc(Nc3cc(C)[nH]n3)cc(C)c2C#N)cc1.Cl. The van der Waals surface area contributed by atoms with E-state index in [9.17, 15) is 5.26 Å². The highest BCUT2D eigenvalue weighted by atomic mass is 35.5. The largest absolute Gasteiger partial charge is 0.497 e. The Bertz CT molecular complexity index is 982. The molecule has 2 aromatic heterocycles. The lowest BCUT2D eigenvalue weighted by atomic mass is 10.1. The van der Waals surface area contributed by atoms with Crippen molar-refractivity contribution >= 4 is 29.9 Å². The molecule has 0 unspecified atom stereocenters. The molecular weight excluding hydrogens is 392 g/mol. The highest BCUT2D eigenvalue weighted by molar-refractivity contribution is 5.85. The van der Waals surface area contributed by atoms with Crippen molar-refractivity contribution in [2.24, 2.45) is 0 Å². The van der Waals surface area contributed by atoms with Crippen molar-refractivity contribution in [1.82, 2.24) is 15.2 Å². The fourth-order valence-corrected chi connectivity index (χ4v) is 2.63. The average Bonchev–Trinajstić information content (AvgIpc) is 3.10. The van der Waals surface area contributed by atoms with Crippen LogP contribution in [0, 0.1) is 25.2 Å². The van der Waals surface area contributed by atoms with Crippen LogP contribution in [0.5, 0.6) is 11.5 Å². The van der Waals surface area contributed by atoms with Crippen LogP contribution in [0.25, 0.3) is 0 Å². The minimum Gasteiger partial charge on any atom is -0.497 e. The predicted molar refractivity (Wildman–Crippen MR) is 115 cm³/mol. The Morgan fingerprint density at radius 1 is 1.10 bits per heavy atom. The Hall–Kier alpha value is -3.44. The van der Waals surface area contributed by atoms with E-state index in [1.807, 2.05) is 50.2 Å². The van der Waals surface area contributed by atoms with E-state index in [0.717, 1.165) is 22.8 Å². The van der Waals surface area contributed by atoms with Crippen LogP contribution in [0.1, 0.15) is 16.8 Å². The maximum Gasteiger partial charge on any atom is 0.153 e. The number of benzene rings is 1. The van der Waals surface area contributed by atoms with E-state index in [-0.39, 0.29) is 12.4 Å². The third kappa shape index (κ3) is 5.77. The summed E-state index contributed by atoms with van der Waals surface area (Å²) in [6, 6.07) is 13.3. The maximum atomic E-state index is 9.46. The quantitative estimate of drug-likeness (QED) is 0.479. The predicted octanol–water partition coefficient (Wildman–Crippen LogP) is 3.96. The number of aromatic amines is 1. The van der Waals surface area contributed by atoms with Gasteiger partial charge in [-0.15, -0.1) is 12.4 Å². The van der Waals surface area contributed by atoms with Crippen molar-refractivity contribution in [1.29, 1.82) is 5.26 Å². The number of anilines is 3. The topological polar surface area (TPSA) is 108 Å². The Balaban J connectivity index is 0.00000300. The van der Waals surface area contributed by atoms with Gasteiger partial charge in [0.2, 0.25) is 0 Å². The first-order chi connectivity index (χ1) is 13.6. The number of nitriles is 1. The standard InChI is InChI=1S/C20H22N6O2.ClH/c1-13-10-18(23-19-11-14(2)25-26-19)24-20(17(13)12-21)22-8-9-28-16-6-4-15(27-3)5-7-16;/h4-7,10-11H,8-9H2,1-3H3,(H3,22,23,24,25,26);1H. The number of hydrogen-bond donors (Lipinski definition) is 3. The van der Waals surface area contributed by atoms with Crippen LogP contribution in [-0.2, 0) is 0 Å². The molecule has 0 spiro atoms. The van der Waals surface area contributed by atoms with Gasteiger partial charge in [-0.1, -0.05) is 0 Å². The molecule has 0 aliphatic rings. The Kier molecular flexibility index (Phi) is 7.69. The summed E-state index contributed by atoms with van der Waals surface area (Å²) >= 11 is 0. The van der Waals surface area contributed by atoms with Crippen molar-refractivity contribution in [3.8, 4) is 17.6 Å². The minimum absolute atomic E-state index is 0. The zero-order valence-electron chi connectivity index (χ0n) is 16.4. The van der Waals surface area contributed by atoms with E-state index in [0.29, 0.717) is 36.2 Å². The smallest absolute Gasteiger partial charge is 0.153 e. The second-order valence-corrected chi connectivity index (χ2v) is 6.17. The van der Waals surface area contributed by atoms with Gasteiger partial charge < -0.3 is 20.1 Å². The van der Waals surface area contributed by atoms with Gasteiger partial charge in [-0.25, -0.2) is 4.98 Å². The van der Waals surface area contributed by atoms with Gasteiger partial charge in [0.15, 0.2) is 5.82 Å². The van der Waals surface area contributed by atoms with Gasteiger partial charge in [-0.05, 0) is 49.7 Å². The summed E-state index contributed by atoms with van der Waals surface area (Å²) in [6.07, 6.45) is 0. The summed E-state index contributed by atoms with van der Waals surface area (Å²) in [6.45, 7) is 4.72. The van der Waals surface area contributed by atoms with Crippen LogP contribution in [0.4, 0.5) is 17.5 Å². The highest BCUT2D eigenvalue weighted by Crippen LogP contribution is 2.23. The summed E-state index contributed by atoms with van der Waals surface area (Å²) < 4.78 is 10.8. The third-order valence-corrected chi connectivity index (χ3v) is 4.01. The summed E-state index contributed by atoms with van der Waals surface area (Å²) in [4.78, 5) is 4.51. The summed E-state index contributed by atoms with van der Waals surface area (Å²) in [5.74, 6) is 3.32. The van der Waals surface area contributed by atoms with E-state index in [2.05, 4.69) is 31.9 Å². The Morgan fingerprint density at radius 2 is 1.83 bits per heavy atom. The van der Waals surface area contributed by atoms with E-state index in [4.69, 9.17) is 9.47 Å². The number of rotatable bonds is 8. The summed E-state index contributed by atoms with van der Waals surface area (Å²) in [7, 11) is 1.62. The molecule has 0 saturated heterocycles. The lowest BCUT2D eigenvalue weighted by molar-refractivity contribution is 0.331. The van der Waals surface area contributed by atoms with E-state index < -0.39 is 0 Å². The first-order valence-corrected chi connectivity index (χ1v) is 8.80. The van der Waals surface area contributed by atoms with Crippen molar-refractivity contribution in [3.63, 3.8) is 0 Å². The number of ether oxygens (including phenoxy) is 2. The number of nitrogens with zero attached hydrogens (tertiary/aromatic N) is 3. The molecule has 0 atom stereocenters.